The Kier molecular flexibility index (Phi) is 5.89. The van der Waals surface area contributed by atoms with Crippen LogP contribution >= 0.6 is 0 Å². The summed E-state index contributed by atoms with van der Waals surface area (Å²) >= 11 is 0. The average Bonchev–Trinajstić information content (AvgIpc) is 3.73. The van der Waals surface area contributed by atoms with Crippen LogP contribution in [0.4, 0.5) is 0 Å². The molecule has 1 atom stereocenters. The molecular weight excluding hydrogens is 677 g/mol. The summed E-state index contributed by atoms with van der Waals surface area (Å²) < 4.78 is 6.61. The van der Waals surface area contributed by atoms with Crippen LogP contribution < -0.4 is 4.74 Å². The van der Waals surface area contributed by atoms with E-state index >= 15 is 0 Å². The van der Waals surface area contributed by atoms with Crippen molar-refractivity contribution in [3.63, 3.8) is 0 Å². The summed E-state index contributed by atoms with van der Waals surface area (Å²) in [6, 6.07) is 72.1. The molecule has 3 aliphatic rings. The maximum atomic E-state index is 6.61. The molecule has 0 fully saturated rings. The van der Waals surface area contributed by atoms with Crippen LogP contribution in [0.1, 0.15) is 22.3 Å². The van der Waals surface area contributed by atoms with Crippen molar-refractivity contribution in [3.05, 3.63) is 216 Å². The van der Waals surface area contributed by atoms with Gasteiger partial charge in [0.1, 0.15) is 11.5 Å². The van der Waals surface area contributed by atoms with Crippen molar-refractivity contribution in [1.29, 1.82) is 0 Å². The van der Waals surface area contributed by atoms with Gasteiger partial charge in [0.05, 0.1) is 5.41 Å². The second-order valence-electron chi connectivity index (χ2n) is 15.5. The predicted molar refractivity (Wildman–Crippen MR) is 232 cm³/mol. The van der Waals surface area contributed by atoms with Crippen LogP contribution in [0.25, 0.3) is 88.0 Å². The molecule has 2 aliphatic carbocycles. The maximum Gasteiger partial charge on any atom is 0.136 e. The largest absolute Gasteiger partial charge is 0.456 e. The van der Waals surface area contributed by atoms with Gasteiger partial charge in [0.15, 0.2) is 0 Å². The Morgan fingerprint density at radius 2 is 0.911 bits per heavy atom. The summed E-state index contributed by atoms with van der Waals surface area (Å²) in [5.74, 6) is 1.82. The SMILES string of the molecule is c1ccc2c(c1)Oc1cc(-c3ccc(-c4ccc5c(c4)C4(c6ccccc6-5)c5ccccc5-c5c4ccc4ccccc54)c4ccccc34)cc3cccc-2c13. The zero-order chi connectivity index (χ0) is 36.5. The van der Waals surface area contributed by atoms with E-state index in [2.05, 4.69) is 188 Å². The van der Waals surface area contributed by atoms with Gasteiger partial charge in [-0.3, -0.25) is 0 Å². The van der Waals surface area contributed by atoms with Gasteiger partial charge in [-0.2, -0.15) is 0 Å². The standard InChI is InChI=1S/C55H32O/c1-2-14-39-33(12-1)25-29-49-54(39)46-19-6-9-22-48(46)55(49)47-21-8-5-17-42(47)43-26-24-34(31-50(43)55)37-27-28-38(41-16-4-3-15-40(37)41)36-30-35-13-11-20-45-44-18-7-10-23-51(44)56-52(32-36)53(35)45/h1-32H. The van der Waals surface area contributed by atoms with Crippen LogP contribution in [0.5, 0.6) is 11.5 Å². The van der Waals surface area contributed by atoms with E-state index in [9.17, 15) is 0 Å². The number of hydrogen-bond acceptors (Lipinski definition) is 1. The quantitative estimate of drug-likeness (QED) is 0.174. The summed E-state index contributed by atoms with van der Waals surface area (Å²) in [4.78, 5) is 0. The van der Waals surface area contributed by atoms with Crippen LogP contribution in [0.2, 0.25) is 0 Å². The molecule has 1 nitrogen and oxygen atoms in total. The second-order valence-corrected chi connectivity index (χ2v) is 15.5. The monoisotopic (exact) mass is 708 g/mol. The van der Waals surface area contributed by atoms with E-state index < -0.39 is 5.41 Å². The van der Waals surface area contributed by atoms with Gasteiger partial charge in [-0.25, -0.2) is 0 Å². The predicted octanol–water partition coefficient (Wildman–Crippen LogP) is 14.6. The lowest BCUT2D eigenvalue weighted by atomic mass is 9.70. The number of hydrogen-bond donors (Lipinski definition) is 0. The molecule has 0 amide bonds. The van der Waals surface area contributed by atoms with Gasteiger partial charge in [-0.05, 0) is 124 Å². The molecule has 1 aliphatic heterocycles. The van der Waals surface area contributed by atoms with E-state index in [0.717, 1.165) is 22.6 Å². The molecule has 0 aromatic heterocycles. The van der Waals surface area contributed by atoms with E-state index in [4.69, 9.17) is 4.74 Å². The normalized spacial score (nSPS) is 15.4. The Labute approximate surface area is 324 Å². The highest BCUT2D eigenvalue weighted by molar-refractivity contribution is 6.11. The highest BCUT2D eigenvalue weighted by Crippen LogP contribution is 2.64. The van der Waals surface area contributed by atoms with E-state index in [1.807, 2.05) is 6.07 Å². The molecule has 1 unspecified atom stereocenters. The summed E-state index contributed by atoms with van der Waals surface area (Å²) in [5.41, 5.74) is 17.5. The van der Waals surface area contributed by atoms with Gasteiger partial charge < -0.3 is 4.74 Å². The second kappa shape index (κ2) is 10.9. The van der Waals surface area contributed by atoms with Crippen LogP contribution in [0.15, 0.2) is 194 Å². The Balaban J connectivity index is 1.03. The first kappa shape index (κ1) is 30.1. The average molecular weight is 709 g/mol. The fraction of sp³-hybridized carbons (Fsp3) is 0.0182. The molecular formula is C55H32O. The van der Waals surface area contributed by atoms with Crippen molar-refractivity contribution in [1.82, 2.24) is 0 Å². The maximum absolute atomic E-state index is 6.61. The van der Waals surface area contributed by atoms with Gasteiger partial charge >= 0.3 is 0 Å². The molecule has 0 bridgehead atoms. The molecule has 1 spiro atoms. The third-order valence-corrected chi connectivity index (χ3v) is 12.9. The zero-order valence-electron chi connectivity index (χ0n) is 30.4. The fourth-order valence-corrected chi connectivity index (χ4v) is 10.6. The number of benzene rings is 10. The van der Waals surface area contributed by atoms with E-state index in [1.54, 1.807) is 0 Å². The summed E-state index contributed by atoms with van der Waals surface area (Å²) in [5, 5.41) is 7.41. The van der Waals surface area contributed by atoms with Gasteiger partial charge in [0.25, 0.3) is 0 Å². The molecule has 56 heavy (non-hydrogen) atoms. The molecule has 0 saturated heterocycles. The molecule has 0 saturated carbocycles. The van der Waals surface area contributed by atoms with Crippen LogP contribution in [0.3, 0.4) is 0 Å². The van der Waals surface area contributed by atoms with Crippen molar-refractivity contribution in [3.8, 4) is 67.1 Å². The lowest BCUT2D eigenvalue weighted by molar-refractivity contribution is 0.487. The molecule has 1 heterocycles. The number of para-hydroxylation sites is 1. The number of fused-ring (bicyclic) bond motifs is 15. The van der Waals surface area contributed by atoms with Gasteiger partial charge in [-0.1, -0.05) is 170 Å². The minimum atomic E-state index is -0.419. The first-order chi connectivity index (χ1) is 27.8. The molecule has 0 N–H and O–H groups in total. The fourth-order valence-electron chi connectivity index (χ4n) is 10.6. The Bertz CT molecular complexity index is 3350. The smallest absolute Gasteiger partial charge is 0.136 e. The topological polar surface area (TPSA) is 9.23 Å². The van der Waals surface area contributed by atoms with E-state index in [1.165, 1.54) is 99.1 Å². The summed E-state index contributed by atoms with van der Waals surface area (Å²) in [6.07, 6.45) is 0. The van der Waals surface area contributed by atoms with Crippen molar-refractivity contribution in [2.75, 3.05) is 0 Å². The zero-order valence-corrected chi connectivity index (χ0v) is 30.4. The molecule has 0 radical (unpaired) electrons. The van der Waals surface area contributed by atoms with Crippen LogP contribution in [0, 0.1) is 0 Å². The van der Waals surface area contributed by atoms with Crippen molar-refractivity contribution in [2.45, 2.75) is 5.41 Å². The van der Waals surface area contributed by atoms with Crippen molar-refractivity contribution in [2.24, 2.45) is 0 Å². The lowest BCUT2D eigenvalue weighted by Gasteiger charge is -2.31. The van der Waals surface area contributed by atoms with Gasteiger partial charge in [-0.15, -0.1) is 0 Å². The number of rotatable bonds is 2. The highest BCUT2D eigenvalue weighted by atomic mass is 16.5. The minimum absolute atomic E-state index is 0.419. The molecule has 10 aromatic carbocycles. The van der Waals surface area contributed by atoms with Crippen molar-refractivity contribution >= 4 is 32.3 Å². The highest BCUT2D eigenvalue weighted by Gasteiger charge is 2.52. The van der Waals surface area contributed by atoms with Crippen molar-refractivity contribution < 1.29 is 4.74 Å². The minimum Gasteiger partial charge on any atom is -0.456 e. The van der Waals surface area contributed by atoms with Crippen LogP contribution in [-0.2, 0) is 5.41 Å². The van der Waals surface area contributed by atoms with Crippen LogP contribution in [-0.4, -0.2) is 0 Å². The Hall–Kier alpha value is -7.22. The third kappa shape index (κ3) is 3.79. The number of ether oxygens (including phenoxy) is 1. The Morgan fingerprint density at radius 1 is 0.304 bits per heavy atom. The van der Waals surface area contributed by atoms with E-state index in [-0.39, 0.29) is 0 Å². The lowest BCUT2D eigenvalue weighted by Crippen LogP contribution is -2.25. The molecule has 258 valence electrons. The first-order valence-corrected chi connectivity index (χ1v) is 19.5. The van der Waals surface area contributed by atoms with E-state index in [0.29, 0.717) is 0 Å². The van der Waals surface area contributed by atoms with Gasteiger partial charge in [0, 0.05) is 10.9 Å². The third-order valence-electron chi connectivity index (χ3n) is 12.9. The molecule has 1 heteroatoms. The molecule has 10 aromatic rings. The molecule has 13 rings (SSSR count). The first-order valence-electron chi connectivity index (χ1n) is 19.5. The van der Waals surface area contributed by atoms with Gasteiger partial charge in [0.2, 0.25) is 0 Å². The summed E-state index contributed by atoms with van der Waals surface area (Å²) in [7, 11) is 0. The summed E-state index contributed by atoms with van der Waals surface area (Å²) in [6.45, 7) is 0. The Morgan fingerprint density at radius 3 is 1.75 bits per heavy atom.